The fourth-order valence-corrected chi connectivity index (χ4v) is 1.43. The Labute approximate surface area is 147 Å². The molecule has 5 nitrogen and oxygen atoms in total. The van der Waals surface area contributed by atoms with E-state index in [1.807, 2.05) is 0 Å². The van der Waals surface area contributed by atoms with E-state index in [1.54, 1.807) is 0 Å². The van der Waals surface area contributed by atoms with E-state index in [0.29, 0.717) is 12.2 Å². The Morgan fingerprint density at radius 1 is 1.50 bits per heavy atom. The van der Waals surface area contributed by atoms with E-state index in [-0.39, 0.29) is 83.1 Å². The fourth-order valence-electron chi connectivity index (χ4n) is 0.689. The number of carbonyl (C=O) groups is 2. The number of nitrogens with two attached hydrogens (primary N) is 1. The van der Waals surface area contributed by atoms with Crippen LogP contribution in [0.3, 0.4) is 0 Å². The Kier molecular flexibility index (Phi) is 15.0. The molecule has 0 radical (unpaired) electrons. The van der Waals surface area contributed by atoms with Gasteiger partial charge in [0.2, 0.25) is 11.8 Å². The Bertz CT molecular complexity index is 221. The normalized spacial score (nSPS) is 11.4. The number of carbonyl (C=O) groups excluding carboxylic acids is 2. The van der Waals surface area contributed by atoms with Gasteiger partial charge < -0.3 is 16.8 Å². The average molecular weight is 322 g/mol. The van der Waals surface area contributed by atoms with E-state index < -0.39 is 11.9 Å². The molecule has 0 rings (SSSR count). The van der Waals surface area contributed by atoms with Crippen molar-refractivity contribution < 1.29 is 72.2 Å². The summed E-state index contributed by atoms with van der Waals surface area (Å²) in [7, 11) is 0. The van der Waals surface area contributed by atoms with Crippen molar-refractivity contribution >= 4 is 23.6 Å². The largest absolute Gasteiger partial charge is 1.00 e. The maximum atomic E-state index is 11.7. The average Bonchev–Trinajstić information content (AvgIpc) is 2.20. The number of halogens is 1. The summed E-state index contributed by atoms with van der Waals surface area (Å²) < 4.78 is 11.7. The first-order valence-corrected chi connectivity index (χ1v) is 5.64. The molecule has 8 heteroatoms. The quantitative estimate of drug-likeness (QED) is 0.470. The van der Waals surface area contributed by atoms with Crippen molar-refractivity contribution in [2.24, 2.45) is 5.73 Å². The second-order valence-electron chi connectivity index (χ2n) is 2.85. The van der Waals surface area contributed by atoms with Crippen LogP contribution in [0.15, 0.2) is 0 Å². The summed E-state index contributed by atoms with van der Waals surface area (Å²) >= 11 is 1.32. The van der Waals surface area contributed by atoms with Gasteiger partial charge in [-0.3, -0.25) is 14.0 Å². The number of alkyl halides is 1. The molecule has 0 unspecified atom stereocenters. The molecule has 0 saturated heterocycles. The van der Waals surface area contributed by atoms with Gasteiger partial charge in [0, 0.05) is 6.54 Å². The third-order valence-corrected chi connectivity index (χ3v) is 2.55. The predicted molar refractivity (Wildman–Crippen MR) is 58.2 cm³/mol. The van der Waals surface area contributed by atoms with Crippen LogP contribution in [0.5, 0.6) is 0 Å². The molecule has 0 aliphatic carbocycles. The molecule has 0 aromatic carbocycles. The van der Waals surface area contributed by atoms with Crippen molar-refractivity contribution in [1.82, 2.24) is 5.32 Å². The molecule has 0 aliphatic rings. The minimum atomic E-state index is -1.11. The topological polar surface area (TPSA) is 96.0 Å². The van der Waals surface area contributed by atoms with Gasteiger partial charge in [-0.05, 0) is 18.2 Å². The summed E-state index contributed by atoms with van der Waals surface area (Å²) in [5.74, 6) is -0.229. The third kappa shape index (κ3) is 11.5. The second kappa shape index (κ2) is 12.4. The van der Waals surface area contributed by atoms with Crippen LogP contribution in [-0.4, -0.2) is 42.6 Å². The van der Waals surface area contributed by atoms with Crippen molar-refractivity contribution in [3.8, 4) is 0 Å². The summed E-state index contributed by atoms with van der Waals surface area (Å²) in [6.45, 7) is -0.455. The molecule has 0 heterocycles. The minimum Gasteiger partial charge on any atom is -0.665 e. The minimum absolute atomic E-state index is 0. The number of hydrogen-bond donors (Lipinski definition) is 2. The van der Waals surface area contributed by atoms with Crippen LogP contribution in [0.2, 0.25) is 0 Å². The standard InChI is InChI=1S/C8H15FN3O2S.Rb/c9-2-1-3-15-5-7(13)12-4-6(10)8(11)14;/h6,10H,1-5H2,(H2,11,14)(H,12,13);/q-1;+1/t6-;/m0./s1. The Hall–Kier alpha value is 0.985. The molecule has 0 aromatic heterocycles. The number of nitrogens with one attached hydrogen (secondary N) is 2. The van der Waals surface area contributed by atoms with Crippen LogP contribution in [-0.2, 0) is 9.59 Å². The van der Waals surface area contributed by atoms with Crippen molar-refractivity contribution in [2.75, 3.05) is 24.7 Å². The molecular formula is C8H15FN3O2RbS. The maximum Gasteiger partial charge on any atom is 1.00 e. The molecule has 0 saturated carbocycles. The Balaban J connectivity index is 0. The van der Waals surface area contributed by atoms with E-state index in [0.717, 1.165) is 0 Å². The van der Waals surface area contributed by atoms with Gasteiger partial charge in [0.15, 0.2) is 0 Å². The van der Waals surface area contributed by atoms with Gasteiger partial charge in [0.25, 0.3) is 0 Å². The summed E-state index contributed by atoms with van der Waals surface area (Å²) in [5.41, 5.74) is 12.0. The second-order valence-corrected chi connectivity index (χ2v) is 3.96. The number of hydrogen-bond acceptors (Lipinski definition) is 3. The van der Waals surface area contributed by atoms with Crippen LogP contribution < -0.4 is 69.2 Å². The van der Waals surface area contributed by atoms with Crippen LogP contribution >= 0.6 is 11.8 Å². The SMILES string of the molecule is [NH-][C@@H](CNC(=O)CSCCCF)C(N)=O.[Rb+]. The first-order valence-electron chi connectivity index (χ1n) is 4.48. The Morgan fingerprint density at radius 2 is 2.12 bits per heavy atom. The summed E-state index contributed by atoms with van der Waals surface area (Å²) in [5, 5.41) is 2.40. The van der Waals surface area contributed by atoms with Crippen LogP contribution in [0.25, 0.3) is 5.73 Å². The number of thioether (sulfide) groups is 1. The van der Waals surface area contributed by atoms with Crippen LogP contribution in [0.4, 0.5) is 4.39 Å². The van der Waals surface area contributed by atoms with Crippen molar-refractivity contribution in [3.05, 3.63) is 5.73 Å². The van der Waals surface area contributed by atoms with Gasteiger partial charge in [-0.15, -0.1) is 0 Å². The van der Waals surface area contributed by atoms with Crippen molar-refractivity contribution in [3.63, 3.8) is 0 Å². The van der Waals surface area contributed by atoms with Gasteiger partial charge in [-0.25, -0.2) is 0 Å². The molecular weight excluding hydrogens is 307 g/mol. The predicted octanol–water partition coefficient (Wildman–Crippen LogP) is -2.89. The van der Waals surface area contributed by atoms with Gasteiger partial charge in [0.05, 0.1) is 12.4 Å². The zero-order valence-corrected chi connectivity index (χ0v) is 15.0. The molecule has 4 N–H and O–H groups in total. The van der Waals surface area contributed by atoms with Crippen molar-refractivity contribution in [1.29, 1.82) is 0 Å². The molecule has 0 aliphatic heterocycles. The van der Waals surface area contributed by atoms with E-state index in [2.05, 4.69) is 5.32 Å². The zero-order valence-electron chi connectivity index (χ0n) is 9.29. The summed E-state index contributed by atoms with van der Waals surface area (Å²) in [6, 6.07) is -1.11. The van der Waals surface area contributed by atoms with E-state index in [4.69, 9.17) is 11.5 Å². The van der Waals surface area contributed by atoms with Gasteiger partial charge in [-0.2, -0.15) is 11.8 Å². The zero-order chi connectivity index (χ0) is 11.7. The van der Waals surface area contributed by atoms with Gasteiger partial charge in [0.1, 0.15) is 0 Å². The smallest absolute Gasteiger partial charge is 0.665 e. The van der Waals surface area contributed by atoms with E-state index in [1.165, 1.54) is 11.8 Å². The number of amides is 2. The fraction of sp³-hybridized carbons (Fsp3) is 0.750. The maximum absolute atomic E-state index is 11.7. The molecule has 0 aromatic rings. The molecule has 0 spiro atoms. The van der Waals surface area contributed by atoms with E-state index >= 15 is 0 Å². The first kappa shape index (κ1) is 19.3. The van der Waals surface area contributed by atoms with Crippen LogP contribution in [0, 0.1) is 0 Å². The summed E-state index contributed by atoms with van der Waals surface area (Å²) in [4.78, 5) is 21.5. The summed E-state index contributed by atoms with van der Waals surface area (Å²) in [6.07, 6.45) is 0.431. The first-order chi connectivity index (χ1) is 7.07. The number of rotatable bonds is 8. The van der Waals surface area contributed by atoms with E-state index in [9.17, 15) is 14.0 Å². The molecule has 16 heavy (non-hydrogen) atoms. The molecule has 0 bridgehead atoms. The Morgan fingerprint density at radius 3 is 2.62 bits per heavy atom. The van der Waals surface area contributed by atoms with Crippen LogP contribution in [0.1, 0.15) is 6.42 Å². The molecule has 2 amide bonds. The van der Waals surface area contributed by atoms with Gasteiger partial charge >= 0.3 is 58.2 Å². The molecule has 88 valence electrons. The monoisotopic (exact) mass is 321 g/mol. The van der Waals surface area contributed by atoms with Crippen molar-refractivity contribution in [2.45, 2.75) is 12.5 Å². The van der Waals surface area contributed by atoms with Gasteiger partial charge in [-0.1, -0.05) is 0 Å². The number of primary amides is 1. The third-order valence-electron chi connectivity index (χ3n) is 1.50. The molecule has 0 fully saturated rings. The molecule has 1 atom stereocenters.